The molecule has 1 fully saturated rings. The third-order valence-corrected chi connectivity index (χ3v) is 9.60. The molecule has 0 heterocycles. The molecule has 0 bridgehead atoms. The number of fused-ring (bicyclic) bond motifs is 2. The van der Waals surface area contributed by atoms with Crippen LogP contribution in [0.4, 0.5) is 0 Å². The topological polar surface area (TPSA) is 0 Å². The minimum Gasteiger partial charge on any atom is -0.0949 e. The summed E-state index contributed by atoms with van der Waals surface area (Å²) in [5.74, 6) is 3.19. The second-order valence-corrected chi connectivity index (χ2v) is 13.2. The SMILES string of the molecule is C=C1c2c(Cc3ccc([C@H]4CC[C@@H](C)C4)c(CC(C)C)c3)ccc(C3=CC=C4C=C(C)C=CC43)c2CC1C. The normalized spacial score (nSPS) is 25.9. The summed E-state index contributed by atoms with van der Waals surface area (Å²) in [5.41, 5.74) is 16.1. The zero-order chi connectivity index (χ0) is 26.6. The van der Waals surface area contributed by atoms with Gasteiger partial charge in [-0.3, -0.25) is 0 Å². The summed E-state index contributed by atoms with van der Waals surface area (Å²) in [7, 11) is 0. The van der Waals surface area contributed by atoms with Crippen molar-refractivity contribution in [3.05, 3.63) is 117 Å². The van der Waals surface area contributed by atoms with Crippen LogP contribution in [0.25, 0.3) is 11.1 Å². The summed E-state index contributed by atoms with van der Waals surface area (Å²) in [4.78, 5) is 0. The molecule has 2 aromatic rings. The molecule has 0 heteroatoms. The van der Waals surface area contributed by atoms with Crippen molar-refractivity contribution in [2.75, 3.05) is 0 Å². The highest BCUT2D eigenvalue weighted by atomic mass is 14.4. The van der Waals surface area contributed by atoms with Gasteiger partial charge in [-0.05, 0) is 118 Å². The van der Waals surface area contributed by atoms with Crippen LogP contribution in [-0.4, -0.2) is 0 Å². The fourth-order valence-corrected chi connectivity index (χ4v) is 7.64. The van der Waals surface area contributed by atoms with Crippen LogP contribution in [0.2, 0.25) is 0 Å². The fourth-order valence-electron chi connectivity index (χ4n) is 7.64. The minimum atomic E-state index is 0.391. The molecule has 4 atom stereocenters. The van der Waals surface area contributed by atoms with Crippen molar-refractivity contribution in [3.63, 3.8) is 0 Å². The lowest BCUT2D eigenvalue weighted by molar-refractivity contribution is 0.589. The second-order valence-electron chi connectivity index (χ2n) is 13.2. The van der Waals surface area contributed by atoms with E-state index < -0.39 is 0 Å². The summed E-state index contributed by atoms with van der Waals surface area (Å²) >= 11 is 0. The monoisotopic (exact) mass is 500 g/mol. The first-order valence-corrected chi connectivity index (χ1v) is 15.0. The van der Waals surface area contributed by atoms with Crippen LogP contribution in [0.3, 0.4) is 0 Å². The molecular formula is C38H44. The zero-order valence-electron chi connectivity index (χ0n) is 24.1. The number of hydrogen-bond acceptors (Lipinski definition) is 0. The number of allylic oxidation sites excluding steroid dienone is 9. The maximum atomic E-state index is 4.61. The van der Waals surface area contributed by atoms with Gasteiger partial charge in [0, 0.05) is 5.92 Å². The fraction of sp³-hybridized carbons (Fsp3) is 0.421. The minimum absolute atomic E-state index is 0.391. The van der Waals surface area contributed by atoms with E-state index in [1.165, 1.54) is 75.8 Å². The molecule has 0 amide bonds. The Hall–Kier alpha value is -2.86. The summed E-state index contributed by atoms with van der Waals surface area (Å²) in [6.45, 7) is 16.3. The van der Waals surface area contributed by atoms with Gasteiger partial charge in [-0.2, -0.15) is 0 Å². The zero-order valence-corrected chi connectivity index (χ0v) is 24.1. The first kappa shape index (κ1) is 25.4. The molecule has 0 aromatic heterocycles. The molecule has 1 saturated carbocycles. The van der Waals surface area contributed by atoms with Crippen molar-refractivity contribution in [1.29, 1.82) is 0 Å². The summed E-state index contributed by atoms with van der Waals surface area (Å²) in [5, 5.41) is 0. The van der Waals surface area contributed by atoms with E-state index in [1.807, 2.05) is 0 Å². The van der Waals surface area contributed by atoms with E-state index in [9.17, 15) is 0 Å². The number of benzene rings is 2. The summed E-state index contributed by atoms with van der Waals surface area (Å²) in [6, 6.07) is 12.3. The van der Waals surface area contributed by atoms with Gasteiger partial charge in [0.2, 0.25) is 0 Å². The van der Waals surface area contributed by atoms with E-state index in [-0.39, 0.29) is 0 Å². The van der Waals surface area contributed by atoms with E-state index in [1.54, 1.807) is 11.1 Å². The molecule has 0 saturated heterocycles. The lowest BCUT2D eigenvalue weighted by atomic mass is 9.82. The Bertz CT molecular complexity index is 1400. The molecule has 38 heavy (non-hydrogen) atoms. The predicted octanol–water partition coefficient (Wildman–Crippen LogP) is 10.0. The van der Waals surface area contributed by atoms with Gasteiger partial charge in [0.25, 0.3) is 0 Å². The van der Waals surface area contributed by atoms with Gasteiger partial charge in [0.05, 0.1) is 0 Å². The Balaban J connectivity index is 1.34. The lowest BCUT2D eigenvalue weighted by Crippen LogP contribution is -2.07. The highest BCUT2D eigenvalue weighted by molar-refractivity contribution is 5.86. The second kappa shape index (κ2) is 10.0. The largest absolute Gasteiger partial charge is 0.0949 e. The molecule has 2 aromatic carbocycles. The third-order valence-electron chi connectivity index (χ3n) is 9.60. The van der Waals surface area contributed by atoms with Gasteiger partial charge in [0.15, 0.2) is 0 Å². The third kappa shape index (κ3) is 4.61. The molecule has 0 nitrogen and oxygen atoms in total. The standard InChI is InChI=1S/C38H44/c1-23(2)17-32-22-28(9-14-33(32)29-10-7-24(3)18-29)21-31-12-16-36(37-20-26(5)27(6)38(31)37)35-15-11-30-19-25(4)8-13-34(30)35/h8-9,11-16,19,22-24,26,29,34H,6-7,10,17-18,20-21H2,1-5H3/t24-,26?,29+,34?/m1/s1. The first-order valence-electron chi connectivity index (χ1n) is 15.0. The smallest absolute Gasteiger partial charge is 0.0278 e. The van der Waals surface area contributed by atoms with Crippen LogP contribution in [0.5, 0.6) is 0 Å². The van der Waals surface area contributed by atoms with Crippen LogP contribution in [0.15, 0.2) is 78.4 Å². The van der Waals surface area contributed by atoms with E-state index in [0.717, 1.165) is 24.7 Å². The van der Waals surface area contributed by atoms with Crippen molar-refractivity contribution in [2.45, 2.75) is 79.1 Å². The number of hydrogen-bond donors (Lipinski definition) is 0. The average molecular weight is 501 g/mol. The Morgan fingerprint density at radius 1 is 1.00 bits per heavy atom. The van der Waals surface area contributed by atoms with E-state index in [0.29, 0.717) is 17.8 Å². The Kier molecular flexibility index (Phi) is 6.71. The van der Waals surface area contributed by atoms with Gasteiger partial charge in [0.1, 0.15) is 0 Å². The average Bonchev–Trinajstić information content (AvgIpc) is 3.57. The molecule has 0 N–H and O–H groups in total. The van der Waals surface area contributed by atoms with E-state index in [2.05, 4.69) is 102 Å². The van der Waals surface area contributed by atoms with Gasteiger partial charge in [-0.25, -0.2) is 0 Å². The predicted molar refractivity (Wildman–Crippen MR) is 164 cm³/mol. The molecule has 4 aliphatic rings. The highest BCUT2D eigenvalue weighted by Gasteiger charge is 2.31. The highest BCUT2D eigenvalue weighted by Crippen LogP contribution is 2.47. The molecule has 0 spiro atoms. The molecule has 4 aliphatic carbocycles. The summed E-state index contributed by atoms with van der Waals surface area (Å²) < 4.78 is 0. The van der Waals surface area contributed by atoms with E-state index in [4.69, 9.17) is 0 Å². The molecule has 6 rings (SSSR count). The number of rotatable bonds is 6. The van der Waals surface area contributed by atoms with Crippen LogP contribution < -0.4 is 0 Å². The van der Waals surface area contributed by atoms with Crippen LogP contribution >= 0.6 is 0 Å². The molecular weight excluding hydrogens is 456 g/mol. The lowest BCUT2D eigenvalue weighted by Gasteiger charge is -2.22. The van der Waals surface area contributed by atoms with Crippen molar-refractivity contribution in [1.82, 2.24) is 0 Å². The van der Waals surface area contributed by atoms with Crippen LogP contribution in [-0.2, 0) is 19.3 Å². The van der Waals surface area contributed by atoms with Crippen molar-refractivity contribution in [3.8, 4) is 0 Å². The van der Waals surface area contributed by atoms with E-state index >= 15 is 0 Å². The van der Waals surface area contributed by atoms with Crippen LogP contribution in [0.1, 0.15) is 98.7 Å². The molecule has 0 aliphatic heterocycles. The van der Waals surface area contributed by atoms with Gasteiger partial charge < -0.3 is 0 Å². The molecule has 0 radical (unpaired) electrons. The first-order chi connectivity index (χ1) is 18.3. The Morgan fingerprint density at radius 2 is 1.84 bits per heavy atom. The van der Waals surface area contributed by atoms with Crippen molar-refractivity contribution >= 4 is 11.1 Å². The molecule has 2 unspecified atom stereocenters. The maximum Gasteiger partial charge on any atom is 0.0278 e. The summed E-state index contributed by atoms with van der Waals surface area (Å²) in [6.07, 6.45) is 19.1. The van der Waals surface area contributed by atoms with Crippen molar-refractivity contribution < 1.29 is 0 Å². The quantitative estimate of drug-likeness (QED) is 0.370. The van der Waals surface area contributed by atoms with Gasteiger partial charge in [-0.1, -0.05) is 107 Å². The van der Waals surface area contributed by atoms with Gasteiger partial charge >= 0.3 is 0 Å². The van der Waals surface area contributed by atoms with Crippen molar-refractivity contribution in [2.24, 2.45) is 23.7 Å². The Labute approximate surface area is 231 Å². The van der Waals surface area contributed by atoms with Gasteiger partial charge in [-0.15, -0.1) is 0 Å². The van der Waals surface area contributed by atoms with Crippen LogP contribution in [0, 0.1) is 23.7 Å². The maximum absolute atomic E-state index is 4.61. The molecule has 196 valence electrons. The Morgan fingerprint density at radius 3 is 2.61 bits per heavy atom.